The Hall–Kier alpha value is -3.40. The molecule has 0 saturated carbocycles. The SMILES string of the molecule is Cc1cc(C)cc(-n2nc(C(F)(F)F)cc2CNC(=O)Nc2ccc(CO)c(F)c2)c1. The molecule has 0 fully saturated rings. The fraction of sp³-hybridized carbons (Fsp3) is 0.238. The number of aryl methyl sites for hydroxylation is 2. The van der Waals surface area contributed by atoms with Crippen molar-refractivity contribution in [1.82, 2.24) is 15.1 Å². The average Bonchev–Trinajstić information content (AvgIpc) is 3.10. The summed E-state index contributed by atoms with van der Waals surface area (Å²) in [6.07, 6.45) is -4.65. The molecule has 1 aromatic heterocycles. The molecule has 0 unspecified atom stereocenters. The van der Waals surface area contributed by atoms with Gasteiger partial charge in [0, 0.05) is 11.3 Å². The molecule has 6 nitrogen and oxygen atoms in total. The summed E-state index contributed by atoms with van der Waals surface area (Å²) in [5.74, 6) is -0.692. The predicted molar refractivity (Wildman–Crippen MR) is 106 cm³/mol. The van der Waals surface area contributed by atoms with Crippen molar-refractivity contribution in [2.75, 3.05) is 5.32 Å². The molecule has 1 heterocycles. The highest BCUT2D eigenvalue weighted by Crippen LogP contribution is 2.30. The van der Waals surface area contributed by atoms with Crippen molar-refractivity contribution in [2.45, 2.75) is 33.2 Å². The Morgan fingerprint density at radius 1 is 1.10 bits per heavy atom. The van der Waals surface area contributed by atoms with Gasteiger partial charge in [-0.3, -0.25) is 0 Å². The Morgan fingerprint density at radius 2 is 1.77 bits per heavy atom. The van der Waals surface area contributed by atoms with E-state index in [9.17, 15) is 22.4 Å². The molecule has 164 valence electrons. The van der Waals surface area contributed by atoms with Gasteiger partial charge in [-0.15, -0.1) is 0 Å². The number of anilines is 1. The molecular weight excluding hydrogens is 416 g/mol. The van der Waals surface area contributed by atoms with Crippen molar-refractivity contribution in [2.24, 2.45) is 0 Å². The van der Waals surface area contributed by atoms with Gasteiger partial charge < -0.3 is 15.7 Å². The molecule has 0 aliphatic heterocycles. The molecule has 0 atom stereocenters. The average molecular weight is 436 g/mol. The maximum atomic E-state index is 13.7. The standard InChI is InChI=1S/C21H20F4N4O2/c1-12-5-13(2)7-16(6-12)29-17(9-19(28-29)21(23,24)25)10-26-20(31)27-15-4-3-14(11-30)18(22)8-15/h3-9,30H,10-11H2,1-2H3,(H2,26,27,31). The Morgan fingerprint density at radius 3 is 2.35 bits per heavy atom. The van der Waals surface area contributed by atoms with Crippen LogP contribution >= 0.6 is 0 Å². The van der Waals surface area contributed by atoms with Crippen LogP contribution in [0, 0.1) is 19.7 Å². The molecule has 2 amide bonds. The highest BCUT2D eigenvalue weighted by molar-refractivity contribution is 5.89. The van der Waals surface area contributed by atoms with Crippen molar-refractivity contribution in [1.29, 1.82) is 0 Å². The minimum Gasteiger partial charge on any atom is -0.392 e. The molecule has 0 spiro atoms. The van der Waals surface area contributed by atoms with E-state index in [1.54, 1.807) is 12.1 Å². The van der Waals surface area contributed by atoms with E-state index < -0.39 is 30.3 Å². The maximum Gasteiger partial charge on any atom is 0.435 e. The second-order valence-electron chi connectivity index (χ2n) is 7.05. The zero-order valence-electron chi connectivity index (χ0n) is 16.7. The number of urea groups is 1. The van der Waals surface area contributed by atoms with Crippen LogP contribution in [0.4, 0.5) is 28.0 Å². The summed E-state index contributed by atoms with van der Waals surface area (Å²) in [6, 6.07) is 9.14. The molecule has 0 saturated heterocycles. The molecule has 3 rings (SSSR count). The molecule has 31 heavy (non-hydrogen) atoms. The summed E-state index contributed by atoms with van der Waals surface area (Å²) >= 11 is 0. The van der Waals surface area contributed by atoms with Gasteiger partial charge in [-0.2, -0.15) is 18.3 Å². The number of alkyl halides is 3. The maximum absolute atomic E-state index is 13.7. The van der Waals surface area contributed by atoms with Gasteiger partial charge in [0.15, 0.2) is 5.69 Å². The number of halogens is 4. The molecule has 0 bridgehead atoms. The second-order valence-corrected chi connectivity index (χ2v) is 7.05. The number of rotatable bonds is 5. The van der Waals surface area contributed by atoms with E-state index in [0.29, 0.717) is 5.69 Å². The highest BCUT2D eigenvalue weighted by Gasteiger charge is 2.35. The molecule has 2 aromatic carbocycles. The molecule has 10 heteroatoms. The van der Waals surface area contributed by atoms with Crippen molar-refractivity contribution >= 4 is 11.7 Å². The number of amides is 2. The number of aliphatic hydroxyl groups is 1. The smallest absolute Gasteiger partial charge is 0.392 e. The lowest BCUT2D eigenvalue weighted by atomic mass is 10.1. The number of aliphatic hydroxyl groups excluding tert-OH is 1. The largest absolute Gasteiger partial charge is 0.435 e. The van der Waals surface area contributed by atoms with Crippen LogP contribution in [-0.2, 0) is 19.3 Å². The summed E-state index contributed by atoms with van der Waals surface area (Å²) in [6.45, 7) is 2.90. The molecule has 3 aromatic rings. The predicted octanol–water partition coefficient (Wildman–Crippen LogP) is 4.46. The van der Waals surface area contributed by atoms with Gasteiger partial charge in [0.1, 0.15) is 5.82 Å². The van der Waals surface area contributed by atoms with Crippen molar-refractivity contribution in [3.8, 4) is 5.69 Å². The van der Waals surface area contributed by atoms with Crippen LogP contribution in [0.3, 0.4) is 0 Å². The highest BCUT2D eigenvalue weighted by atomic mass is 19.4. The number of carbonyl (C=O) groups excluding carboxylic acids is 1. The Kier molecular flexibility index (Phi) is 6.30. The number of nitrogens with one attached hydrogen (secondary N) is 2. The fourth-order valence-corrected chi connectivity index (χ4v) is 3.08. The number of hydrogen-bond donors (Lipinski definition) is 3. The lowest BCUT2D eigenvalue weighted by Gasteiger charge is -2.11. The topological polar surface area (TPSA) is 79.2 Å². The minimum atomic E-state index is -4.65. The number of nitrogens with zero attached hydrogens (tertiary/aromatic N) is 2. The van der Waals surface area contributed by atoms with Crippen molar-refractivity contribution < 1.29 is 27.5 Å². The van der Waals surface area contributed by atoms with Crippen LogP contribution in [0.25, 0.3) is 5.69 Å². The van der Waals surface area contributed by atoms with Crippen LogP contribution < -0.4 is 10.6 Å². The first-order chi connectivity index (χ1) is 14.6. The van der Waals surface area contributed by atoms with E-state index in [0.717, 1.165) is 27.9 Å². The first-order valence-electron chi connectivity index (χ1n) is 9.26. The zero-order chi connectivity index (χ0) is 22.8. The Balaban J connectivity index is 1.81. The Labute approximate surface area is 175 Å². The second kappa shape index (κ2) is 8.76. The monoisotopic (exact) mass is 436 g/mol. The normalized spacial score (nSPS) is 11.5. The lowest BCUT2D eigenvalue weighted by Crippen LogP contribution is -2.29. The molecule has 0 aliphatic carbocycles. The van der Waals surface area contributed by atoms with Crippen molar-refractivity contribution in [3.05, 3.63) is 76.4 Å². The van der Waals surface area contributed by atoms with Gasteiger partial charge in [0.25, 0.3) is 0 Å². The summed E-state index contributed by atoms with van der Waals surface area (Å²) < 4.78 is 54.5. The van der Waals surface area contributed by atoms with Crippen LogP contribution in [0.5, 0.6) is 0 Å². The Bertz CT molecular complexity index is 1090. The van der Waals surface area contributed by atoms with Gasteiger partial charge in [-0.05, 0) is 55.3 Å². The fourth-order valence-electron chi connectivity index (χ4n) is 3.08. The van der Waals surface area contributed by atoms with E-state index >= 15 is 0 Å². The number of hydrogen-bond acceptors (Lipinski definition) is 3. The van der Waals surface area contributed by atoms with E-state index in [1.165, 1.54) is 12.1 Å². The third-order valence-corrected chi connectivity index (χ3v) is 4.44. The summed E-state index contributed by atoms with van der Waals surface area (Å²) in [4.78, 5) is 12.2. The van der Waals surface area contributed by atoms with Crippen LogP contribution in [0.15, 0.2) is 42.5 Å². The van der Waals surface area contributed by atoms with Crippen LogP contribution in [0.1, 0.15) is 28.1 Å². The first-order valence-corrected chi connectivity index (χ1v) is 9.26. The number of aromatic nitrogens is 2. The minimum absolute atomic E-state index is 0.0722. The third-order valence-electron chi connectivity index (χ3n) is 4.44. The summed E-state index contributed by atoms with van der Waals surface area (Å²) in [5.41, 5.74) is 1.38. The molecular formula is C21H20F4N4O2. The van der Waals surface area contributed by atoms with E-state index in [2.05, 4.69) is 15.7 Å². The van der Waals surface area contributed by atoms with Gasteiger partial charge >= 0.3 is 12.2 Å². The number of benzene rings is 2. The quantitative estimate of drug-likeness (QED) is 0.517. The van der Waals surface area contributed by atoms with E-state index in [4.69, 9.17) is 5.11 Å². The molecule has 0 aliphatic rings. The molecule has 0 radical (unpaired) electrons. The summed E-state index contributed by atoms with van der Waals surface area (Å²) in [5, 5.41) is 17.5. The van der Waals surface area contributed by atoms with Crippen molar-refractivity contribution in [3.63, 3.8) is 0 Å². The zero-order valence-corrected chi connectivity index (χ0v) is 16.7. The van der Waals surface area contributed by atoms with E-state index in [1.807, 2.05) is 19.9 Å². The van der Waals surface area contributed by atoms with E-state index in [-0.39, 0.29) is 23.5 Å². The number of carbonyl (C=O) groups is 1. The first kappa shape index (κ1) is 22.3. The third kappa shape index (κ3) is 5.40. The van der Waals surface area contributed by atoms with Gasteiger partial charge in [0.2, 0.25) is 0 Å². The summed E-state index contributed by atoms with van der Waals surface area (Å²) in [7, 11) is 0. The molecule has 3 N–H and O–H groups in total. The lowest BCUT2D eigenvalue weighted by molar-refractivity contribution is -0.141. The van der Waals surface area contributed by atoms with Gasteiger partial charge in [-0.25, -0.2) is 13.9 Å². The van der Waals surface area contributed by atoms with Gasteiger partial charge in [-0.1, -0.05) is 12.1 Å². The van der Waals surface area contributed by atoms with Crippen LogP contribution in [0.2, 0.25) is 0 Å². The van der Waals surface area contributed by atoms with Gasteiger partial charge in [0.05, 0.1) is 24.5 Å². The van der Waals surface area contributed by atoms with Crippen LogP contribution in [-0.4, -0.2) is 20.9 Å².